The lowest BCUT2D eigenvalue weighted by molar-refractivity contribution is 0.0907. The molecule has 1 spiro atoms. The number of hydrazine groups is 1. The number of likely N-dealkylation sites (tertiary alicyclic amines) is 1. The van der Waals surface area contributed by atoms with Crippen LogP contribution in [0.4, 0.5) is 11.4 Å². The summed E-state index contributed by atoms with van der Waals surface area (Å²) >= 11 is 0. The summed E-state index contributed by atoms with van der Waals surface area (Å²) in [4.78, 5) is 35.0. The third-order valence-corrected chi connectivity index (χ3v) is 10.0. The monoisotopic (exact) mass is 621 g/mol. The van der Waals surface area contributed by atoms with Crippen molar-refractivity contribution >= 4 is 39.2 Å². The van der Waals surface area contributed by atoms with E-state index < -0.39 is 5.91 Å². The van der Waals surface area contributed by atoms with Crippen molar-refractivity contribution < 1.29 is 9.32 Å². The maximum absolute atomic E-state index is 12.8. The van der Waals surface area contributed by atoms with Crippen LogP contribution in [-0.2, 0) is 5.41 Å². The fourth-order valence-corrected chi connectivity index (χ4v) is 7.02. The Bertz CT molecular complexity index is 1900. The van der Waals surface area contributed by atoms with Crippen LogP contribution in [0.5, 0.6) is 0 Å². The normalized spacial score (nSPS) is 17.2. The van der Waals surface area contributed by atoms with Crippen LogP contribution in [0, 0.1) is 12.3 Å². The summed E-state index contributed by atoms with van der Waals surface area (Å²) in [6.45, 7) is 12.6. The Morgan fingerprint density at radius 3 is 2.46 bits per heavy atom. The number of aryl methyl sites for hydroxylation is 1. The number of H-pyrrole nitrogens is 1. The highest BCUT2D eigenvalue weighted by atomic mass is 16.5. The summed E-state index contributed by atoms with van der Waals surface area (Å²) in [6, 6.07) is 12.8. The summed E-state index contributed by atoms with van der Waals surface area (Å²) in [5, 5.41) is 7.74. The van der Waals surface area contributed by atoms with Crippen LogP contribution in [0.25, 0.3) is 33.2 Å². The zero-order valence-electron chi connectivity index (χ0n) is 27.6. The van der Waals surface area contributed by atoms with Gasteiger partial charge in [0.1, 0.15) is 12.0 Å². The highest BCUT2D eigenvalue weighted by Crippen LogP contribution is 2.42. The molecule has 1 amide bonds. The number of amides is 1. The van der Waals surface area contributed by atoms with Gasteiger partial charge in [0.05, 0.1) is 16.8 Å². The lowest BCUT2D eigenvalue weighted by Gasteiger charge is -2.46. The van der Waals surface area contributed by atoms with Gasteiger partial charge in [-0.3, -0.25) is 15.2 Å². The number of fused-ring (bicyclic) bond motifs is 3. The second kappa shape index (κ2) is 11.4. The molecule has 2 saturated heterocycles. The second-order valence-electron chi connectivity index (χ2n) is 14.3. The summed E-state index contributed by atoms with van der Waals surface area (Å²) in [7, 11) is 4.03. The first-order valence-electron chi connectivity index (χ1n) is 16.2. The van der Waals surface area contributed by atoms with Gasteiger partial charge < -0.3 is 19.3 Å². The average molecular weight is 622 g/mol. The van der Waals surface area contributed by atoms with Crippen molar-refractivity contribution in [2.24, 2.45) is 5.41 Å². The van der Waals surface area contributed by atoms with Gasteiger partial charge in [-0.15, -0.1) is 0 Å². The van der Waals surface area contributed by atoms with Crippen molar-refractivity contribution in [3.05, 3.63) is 60.0 Å². The Morgan fingerprint density at radius 2 is 1.76 bits per heavy atom. The molecular formula is C35H43N9O2. The minimum absolute atomic E-state index is 0.0709. The van der Waals surface area contributed by atoms with Crippen LogP contribution in [0.1, 0.15) is 68.5 Å². The molecule has 46 heavy (non-hydrogen) atoms. The molecule has 7 rings (SSSR count). The molecule has 2 aromatic carbocycles. The van der Waals surface area contributed by atoms with Gasteiger partial charge in [0, 0.05) is 47.7 Å². The summed E-state index contributed by atoms with van der Waals surface area (Å²) in [5.74, 6) is -0.0492. The number of aromatic amines is 1. The SMILES string of the molecule is Cc1cc(-c2ncnc3[nH]c4cc(N5CCC6(CCN(C)CC6)CC5)ccc4c23)ccc1N(C)NC(=O)c1nc(C(C)(C)C)no1. The number of hydrogen-bond acceptors (Lipinski definition) is 9. The van der Waals surface area contributed by atoms with Gasteiger partial charge in [-0.2, -0.15) is 4.98 Å². The highest BCUT2D eigenvalue weighted by molar-refractivity contribution is 6.12. The van der Waals surface area contributed by atoms with Crippen LogP contribution in [-0.4, -0.2) is 76.2 Å². The Hall–Kier alpha value is -4.51. The van der Waals surface area contributed by atoms with Crippen LogP contribution in [0.3, 0.4) is 0 Å². The molecule has 3 aromatic heterocycles. The van der Waals surface area contributed by atoms with Gasteiger partial charge in [0.25, 0.3) is 0 Å². The molecule has 0 atom stereocenters. The average Bonchev–Trinajstić information content (AvgIpc) is 3.68. The lowest BCUT2D eigenvalue weighted by Crippen LogP contribution is -2.46. The zero-order valence-corrected chi connectivity index (χ0v) is 27.6. The number of carbonyl (C=O) groups excluding carboxylic acids is 1. The van der Waals surface area contributed by atoms with E-state index >= 15 is 0 Å². The maximum atomic E-state index is 12.8. The molecule has 11 heteroatoms. The zero-order chi connectivity index (χ0) is 32.2. The van der Waals surface area contributed by atoms with Gasteiger partial charge in [-0.25, -0.2) is 9.97 Å². The third kappa shape index (κ3) is 5.57. The number of anilines is 2. The van der Waals surface area contributed by atoms with Crippen molar-refractivity contribution in [3.63, 3.8) is 0 Å². The van der Waals surface area contributed by atoms with E-state index in [0.29, 0.717) is 11.2 Å². The molecule has 0 aliphatic carbocycles. The molecule has 0 radical (unpaired) electrons. The molecule has 5 heterocycles. The third-order valence-electron chi connectivity index (χ3n) is 10.0. The van der Waals surface area contributed by atoms with Crippen molar-refractivity contribution in [2.45, 2.75) is 58.8 Å². The molecule has 2 aliphatic rings. The van der Waals surface area contributed by atoms with E-state index in [0.717, 1.165) is 57.5 Å². The van der Waals surface area contributed by atoms with Crippen LogP contribution in [0.15, 0.2) is 47.2 Å². The number of benzene rings is 2. The fraction of sp³-hybridized carbons (Fsp3) is 0.457. The largest absolute Gasteiger partial charge is 0.371 e. The van der Waals surface area contributed by atoms with Gasteiger partial charge in [-0.05, 0) is 88.0 Å². The van der Waals surface area contributed by atoms with Gasteiger partial charge >= 0.3 is 11.8 Å². The number of hydrogen-bond donors (Lipinski definition) is 2. The molecule has 240 valence electrons. The number of rotatable bonds is 5. The van der Waals surface area contributed by atoms with E-state index in [2.05, 4.69) is 66.6 Å². The van der Waals surface area contributed by atoms with Crippen molar-refractivity contribution in [3.8, 4) is 11.3 Å². The first-order valence-corrected chi connectivity index (χ1v) is 16.2. The minimum atomic E-state index is -0.462. The molecule has 2 N–H and O–H groups in total. The molecule has 2 aliphatic heterocycles. The number of piperidine rings is 2. The molecule has 0 bridgehead atoms. The highest BCUT2D eigenvalue weighted by Gasteiger charge is 2.37. The van der Waals surface area contributed by atoms with Crippen molar-refractivity contribution in [1.82, 2.24) is 35.4 Å². The molecule has 0 unspecified atom stereocenters. The molecular weight excluding hydrogens is 578 g/mol. The number of nitrogens with one attached hydrogen (secondary N) is 2. The van der Waals surface area contributed by atoms with Crippen LogP contribution in [0.2, 0.25) is 0 Å². The van der Waals surface area contributed by atoms with Gasteiger partial charge in [-0.1, -0.05) is 38.1 Å². The van der Waals surface area contributed by atoms with E-state index in [-0.39, 0.29) is 11.3 Å². The van der Waals surface area contributed by atoms with E-state index in [1.165, 1.54) is 44.5 Å². The van der Waals surface area contributed by atoms with Crippen molar-refractivity contribution in [1.29, 1.82) is 0 Å². The van der Waals surface area contributed by atoms with E-state index in [4.69, 9.17) is 9.51 Å². The summed E-state index contributed by atoms with van der Waals surface area (Å²) in [6.07, 6.45) is 6.80. The smallest absolute Gasteiger partial charge is 0.328 e. The lowest BCUT2D eigenvalue weighted by atomic mass is 9.71. The molecule has 5 aromatic rings. The topological polar surface area (TPSA) is 119 Å². The number of carbonyl (C=O) groups is 1. The standard InChI is InChI=1S/C35H43N9O2/c1-22-19-23(7-10-27(22)43(6)40-31(45)32-39-33(41-46-32)34(2,3)4)29-28-25-9-8-24(20-26(25)38-30(28)37-21-36-29)44-17-13-35(14-18-44)11-15-42(5)16-12-35/h7-10,19-21H,11-18H2,1-6H3,(H,40,45)(H,36,37,38). The first-order chi connectivity index (χ1) is 22.0. The van der Waals surface area contributed by atoms with E-state index in [1.807, 2.05) is 39.8 Å². The van der Waals surface area contributed by atoms with E-state index in [9.17, 15) is 4.79 Å². The summed E-state index contributed by atoms with van der Waals surface area (Å²) < 4.78 is 5.21. The number of nitrogens with zero attached hydrogens (tertiary/aromatic N) is 7. The first kappa shape index (κ1) is 30.2. The quantitative estimate of drug-likeness (QED) is 0.233. The predicted octanol–water partition coefficient (Wildman–Crippen LogP) is 5.86. The van der Waals surface area contributed by atoms with Gasteiger partial charge in [0.15, 0.2) is 5.82 Å². The summed E-state index contributed by atoms with van der Waals surface area (Å²) in [5.41, 5.74) is 9.86. The minimum Gasteiger partial charge on any atom is -0.371 e. The Kier molecular flexibility index (Phi) is 7.46. The van der Waals surface area contributed by atoms with E-state index in [1.54, 1.807) is 18.4 Å². The Balaban J connectivity index is 1.10. The van der Waals surface area contributed by atoms with Gasteiger partial charge in [0.2, 0.25) is 0 Å². The van der Waals surface area contributed by atoms with Crippen LogP contribution < -0.4 is 15.3 Å². The second-order valence-corrected chi connectivity index (χ2v) is 14.3. The Morgan fingerprint density at radius 1 is 1.02 bits per heavy atom. The Labute approximate surface area is 269 Å². The molecule has 2 fully saturated rings. The van der Waals surface area contributed by atoms with Crippen LogP contribution >= 0.6 is 0 Å². The molecule has 0 saturated carbocycles. The fourth-order valence-electron chi connectivity index (χ4n) is 7.02. The predicted molar refractivity (Wildman–Crippen MR) is 181 cm³/mol. The number of aromatic nitrogens is 5. The maximum Gasteiger partial charge on any atom is 0.328 e. The van der Waals surface area contributed by atoms with Crippen molar-refractivity contribution in [2.75, 3.05) is 50.2 Å². The molecule has 11 nitrogen and oxygen atoms in total.